The molecule has 1 saturated carbocycles. The number of hydrogen-bond acceptors (Lipinski definition) is 4. The second-order valence-corrected chi connectivity index (χ2v) is 6.00. The second-order valence-electron chi connectivity index (χ2n) is 5.08. The molecule has 3 rings (SSSR count). The summed E-state index contributed by atoms with van der Waals surface area (Å²) in [6.07, 6.45) is 4.58. The summed E-state index contributed by atoms with van der Waals surface area (Å²) < 4.78 is 6.32. The second kappa shape index (κ2) is 5.87. The summed E-state index contributed by atoms with van der Waals surface area (Å²) in [5.74, 6) is 1.03. The number of benzene rings is 1. The number of carbonyl (C=O) groups is 1. The molecule has 1 unspecified atom stereocenters. The molecular formula is C15H15BrN2O2. The van der Waals surface area contributed by atoms with Crippen LogP contribution in [0.25, 0.3) is 11.4 Å². The van der Waals surface area contributed by atoms with E-state index in [-0.39, 0.29) is 11.7 Å². The van der Waals surface area contributed by atoms with Crippen LogP contribution in [0.5, 0.6) is 0 Å². The third-order valence-electron chi connectivity index (χ3n) is 3.65. The Morgan fingerprint density at radius 1 is 1.15 bits per heavy atom. The third kappa shape index (κ3) is 2.82. The van der Waals surface area contributed by atoms with Crippen LogP contribution < -0.4 is 0 Å². The molecule has 1 aliphatic carbocycles. The van der Waals surface area contributed by atoms with Crippen molar-refractivity contribution >= 4 is 21.7 Å². The quantitative estimate of drug-likeness (QED) is 0.775. The maximum atomic E-state index is 12.1. The topological polar surface area (TPSA) is 56.0 Å². The van der Waals surface area contributed by atoms with Crippen molar-refractivity contribution in [2.45, 2.75) is 38.0 Å². The predicted molar refractivity (Wildman–Crippen MR) is 78.3 cm³/mol. The Bertz CT molecular complexity index is 607. The van der Waals surface area contributed by atoms with E-state index in [4.69, 9.17) is 4.52 Å². The van der Waals surface area contributed by atoms with Gasteiger partial charge in [0.25, 0.3) is 0 Å². The van der Waals surface area contributed by atoms with Crippen molar-refractivity contribution < 1.29 is 9.32 Å². The van der Waals surface area contributed by atoms with Crippen LogP contribution >= 0.6 is 15.9 Å². The lowest BCUT2D eigenvalue weighted by Gasteiger charge is -2.06. The minimum atomic E-state index is -0.214. The number of aromatic nitrogens is 2. The molecule has 1 aliphatic rings. The fourth-order valence-corrected chi connectivity index (χ4v) is 2.78. The van der Waals surface area contributed by atoms with Crippen molar-refractivity contribution in [2.24, 2.45) is 0 Å². The zero-order valence-corrected chi connectivity index (χ0v) is 12.6. The lowest BCUT2D eigenvalue weighted by atomic mass is 9.99. The maximum absolute atomic E-state index is 12.1. The number of nitrogens with zero attached hydrogens (tertiary/aromatic N) is 2. The molecule has 1 aromatic heterocycles. The lowest BCUT2D eigenvalue weighted by molar-refractivity contribution is -0.120. The van der Waals surface area contributed by atoms with E-state index in [0.29, 0.717) is 18.1 Å². The molecule has 0 aliphatic heterocycles. The number of hydrogen-bond donors (Lipinski definition) is 0. The van der Waals surface area contributed by atoms with Crippen LogP contribution in [-0.2, 0) is 4.79 Å². The summed E-state index contributed by atoms with van der Waals surface area (Å²) in [5, 5.41) is 4.00. The molecule has 1 atom stereocenters. The Balaban J connectivity index is 1.85. The van der Waals surface area contributed by atoms with Crippen LogP contribution in [-0.4, -0.2) is 15.9 Å². The normalized spacial score (nSPS) is 19.9. The van der Waals surface area contributed by atoms with Gasteiger partial charge in [-0.25, -0.2) is 0 Å². The highest BCUT2D eigenvalue weighted by Gasteiger charge is 2.27. The van der Waals surface area contributed by atoms with Gasteiger partial charge in [-0.2, -0.15) is 4.98 Å². The van der Waals surface area contributed by atoms with Gasteiger partial charge < -0.3 is 4.52 Å². The molecule has 0 amide bonds. The van der Waals surface area contributed by atoms with Crippen LogP contribution in [0.1, 0.15) is 43.9 Å². The van der Waals surface area contributed by atoms with E-state index in [9.17, 15) is 4.79 Å². The number of carbonyl (C=O) groups excluding carboxylic acids is 1. The monoisotopic (exact) mass is 334 g/mol. The first-order chi connectivity index (χ1) is 9.74. The molecule has 1 aromatic carbocycles. The molecule has 4 nitrogen and oxygen atoms in total. The smallest absolute Gasteiger partial charge is 0.237 e. The molecular weight excluding hydrogens is 320 g/mol. The van der Waals surface area contributed by atoms with Crippen molar-refractivity contribution in [2.75, 3.05) is 0 Å². The van der Waals surface area contributed by atoms with Crippen molar-refractivity contribution in [1.82, 2.24) is 10.1 Å². The Morgan fingerprint density at radius 3 is 2.75 bits per heavy atom. The summed E-state index contributed by atoms with van der Waals surface area (Å²) in [4.78, 5) is 16.5. The van der Waals surface area contributed by atoms with Gasteiger partial charge >= 0.3 is 0 Å². The summed E-state index contributed by atoms with van der Waals surface area (Å²) >= 11 is 3.39. The van der Waals surface area contributed by atoms with Crippen LogP contribution in [0.2, 0.25) is 0 Å². The highest BCUT2D eigenvalue weighted by atomic mass is 79.9. The van der Waals surface area contributed by atoms with Crippen LogP contribution in [0.15, 0.2) is 33.3 Å². The van der Waals surface area contributed by atoms with Gasteiger partial charge in [0.1, 0.15) is 5.78 Å². The van der Waals surface area contributed by atoms with E-state index in [1.54, 1.807) is 0 Å². The Hall–Kier alpha value is -1.49. The number of Topliss-reactive ketones (excluding diaryl/α,β-unsaturated/α-hetero) is 1. The van der Waals surface area contributed by atoms with Crippen LogP contribution in [0.4, 0.5) is 0 Å². The highest BCUT2D eigenvalue weighted by Crippen LogP contribution is 2.29. The minimum absolute atomic E-state index is 0.214. The number of halogens is 1. The minimum Gasteiger partial charge on any atom is -0.338 e. The van der Waals surface area contributed by atoms with Gasteiger partial charge in [0.15, 0.2) is 0 Å². The molecule has 20 heavy (non-hydrogen) atoms. The molecule has 0 bridgehead atoms. The van der Waals surface area contributed by atoms with E-state index in [1.807, 2.05) is 24.3 Å². The Kier molecular flexibility index (Phi) is 3.96. The fraction of sp³-hybridized carbons (Fsp3) is 0.400. The van der Waals surface area contributed by atoms with Crippen molar-refractivity contribution in [3.8, 4) is 11.4 Å². The van der Waals surface area contributed by atoms with Gasteiger partial charge in [-0.05, 0) is 37.1 Å². The molecule has 0 saturated heterocycles. The third-order valence-corrected chi connectivity index (χ3v) is 4.18. The van der Waals surface area contributed by atoms with E-state index < -0.39 is 0 Å². The van der Waals surface area contributed by atoms with Crippen molar-refractivity contribution in [3.05, 3.63) is 34.6 Å². The SMILES string of the molecule is O=C1CCCCCC1c1nc(-c2ccc(Br)cc2)no1. The summed E-state index contributed by atoms with van der Waals surface area (Å²) in [7, 11) is 0. The highest BCUT2D eigenvalue weighted by molar-refractivity contribution is 9.10. The molecule has 1 heterocycles. The Morgan fingerprint density at radius 2 is 1.95 bits per heavy atom. The van der Waals surface area contributed by atoms with Crippen molar-refractivity contribution in [3.63, 3.8) is 0 Å². The first-order valence-electron chi connectivity index (χ1n) is 6.86. The largest absolute Gasteiger partial charge is 0.338 e. The van der Waals surface area contributed by atoms with E-state index in [2.05, 4.69) is 26.1 Å². The molecule has 0 spiro atoms. The van der Waals surface area contributed by atoms with Gasteiger partial charge in [-0.15, -0.1) is 0 Å². The first kappa shape index (κ1) is 13.5. The fourth-order valence-electron chi connectivity index (χ4n) is 2.51. The zero-order valence-electron chi connectivity index (χ0n) is 11.0. The standard InChI is InChI=1S/C15H15BrN2O2/c16-11-8-6-10(7-9-11)14-17-15(20-18-14)12-4-2-1-3-5-13(12)19/h6-9,12H,1-5H2. The summed E-state index contributed by atoms with van der Waals surface area (Å²) in [5.41, 5.74) is 0.893. The van der Waals surface area contributed by atoms with Gasteiger partial charge in [-0.1, -0.05) is 33.9 Å². The number of ketones is 1. The predicted octanol–water partition coefficient (Wildman–Crippen LogP) is 4.12. The zero-order chi connectivity index (χ0) is 13.9. The van der Waals surface area contributed by atoms with Gasteiger partial charge in [-0.3, -0.25) is 4.79 Å². The molecule has 5 heteroatoms. The van der Waals surface area contributed by atoms with Crippen molar-refractivity contribution in [1.29, 1.82) is 0 Å². The average molecular weight is 335 g/mol. The van der Waals surface area contributed by atoms with E-state index in [1.165, 1.54) is 0 Å². The van der Waals surface area contributed by atoms with Crippen LogP contribution in [0, 0.1) is 0 Å². The molecule has 0 N–H and O–H groups in total. The molecule has 1 fully saturated rings. The van der Waals surface area contributed by atoms with E-state index >= 15 is 0 Å². The van der Waals surface area contributed by atoms with Gasteiger partial charge in [0.2, 0.25) is 11.7 Å². The average Bonchev–Trinajstić information content (AvgIpc) is 2.83. The lowest BCUT2D eigenvalue weighted by Crippen LogP contribution is -2.10. The maximum Gasteiger partial charge on any atom is 0.237 e. The first-order valence-corrected chi connectivity index (χ1v) is 7.65. The van der Waals surface area contributed by atoms with E-state index in [0.717, 1.165) is 35.7 Å². The summed E-state index contributed by atoms with van der Waals surface area (Å²) in [6, 6.07) is 7.71. The summed E-state index contributed by atoms with van der Waals surface area (Å²) in [6.45, 7) is 0. The number of rotatable bonds is 2. The van der Waals surface area contributed by atoms with Gasteiger partial charge in [0, 0.05) is 16.5 Å². The molecule has 104 valence electrons. The van der Waals surface area contributed by atoms with Crippen LogP contribution in [0.3, 0.4) is 0 Å². The van der Waals surface area contributed by atoms with Gasteiger partial charge in [0.05, 0.1) is 5.92 Å². The Labute approximate surface area is 125 Å². The molecule has 0 radical (unpaired) electrons. The molecule has 2 aromatic rings.